The summed E-state index contributed by atoms with van der Waals surface area (Å²) in [6.45, 7) is 1.29. The van der Waals surface area contributed by atoms with E-state index in [-0.39, 0.29) is 12.2 Å². The van der Waals surface area contributed by atoms with E-state index in [9.17, 15) is 14.4 Å². The number of nitrogens with zero attached hydrogens (tertiary/aromatic N) is 1. The molecule has 2 aromatic rings. The molecule has 0 fully saturated rings. The molecule has 0 aliphatic rings. The normalized spacial score (nSPS) is 10.1. The number of nitrogens with one attached hydrogen (secondary N) is 1. The van der Waals surface area contributed by atoms with Gasteiger partial charge < -0.3 is 9.15 Å². The molecular weight excluding hydrogens is 296 g/mol. The Balaban J connectivity index is 1.73. The minimum Gasteiger partial charge on any atom is -0.459 e. The zero-order chi connectivity index (χ0) is 15.2. The molecule has 7 nitrogen and oxygen atoms in total. The summed E-state index contributed by atoms with van der Waals surface area (Å²) in [5, 5.41) is 4.64. The maximum Gasteiger partial charge on any atom is 0.312 e. The second-order valence-electron chi connectivity index (χ2n) is 4.05. The number of aryl methyl sites for hydroxylation is 1. The van der Waals surface area contributed by atoms with Gasteiger partial charge in [-0.2, -0.15) is 0 Å². The molecule has 0 saturated carbocycles. The third-order valence-electron chi connectivity index (χ3n) is 2.35. The monoisotopic (exact) mass is 308 g/mol. The summed E-state index contributed by atoms with van der Waals surface area (Å²) >= 11 is 1.42. The van der Waals surface area contributed by atoms with E-state index in [1.807, 2.05) is 12.2 Å². The van der Waals surface area contributed by atoms with Crippen molar-refractivity contribution in [1.82, 2.24) is 10.3 Å². The second kappa shape index (κ2) is 6.80. The summed E-state index contributed by atoms with van der Waals surface area (Å²) in [5.41, 5.74) is 0.592. The molecule has 2 aromatic heterocycles. The van der Waals surface area contributed by atoms with Crippen molar-refractivity contribution in [3.05, 3.63) is 40.2 Å². The molecule has 0 radical (unpaired) electrons. The highest BCUT2D eigenvalue weighted by Crippen LogP contribution is 2.08. The predicted molar refractivity (Wildman–Crippen MR) is 72.7 cm³/mol. The quantitative estimate of drug-likeness (QED) is 0.830. The number of thiazole rings is 1. The maximum absolute atomic E-state index is 11.5. The molecule has 0 aromatic carbocycles. The zero-order valence-electron chi connectivity index (χ0n) is 11.1. The minimum atomic E-state index is -0.723. The van der Waals surface area contributed by atoms with Crippen LogP contribution in [-0.4, -0.2) is 29.4 Å². The van der Waals surface area contributed by atoms with Crippen LogP contribution in [0, 0.1) is 6.92 Å². The van der Waals surface area contributed by atoms with Gasteiger partial charge in [0, 0.05) is 5.38 Å². The molecule has 21 heavy (non-hydrogen) atoms. The summed E-state index contributed by atoms with van der Waals surface area (Å²) in [6.07, 6.45) is 1.30. The van der Waals surface area contributed by atoms with Crippen molar-refractivity contribution >= 4 is 29.1 Å². The average Bonchev–Trinajstić information content (AvgIpc) is 3.08. The van der Waals surface area contributed by atoms with Crippen LogP contribution >= 0.6 is 11.3 Å². The summed E-state index contributed by atoms with van der Waals surface area (Å²) in [4.78, 5) is 38.5. The van der Waals surface area contributed by atoms with Crippen molar-refractivity contribution in [3.8, 4) is 0 Å². The van der Waals surface area contributed by atoms with Crippen molar-refractivity contribution in [2.24, 2.45) is 0 Å². The molecule has 0 unspecified atom stereocenters. The number of amides is 2. The van der Waals surface area contributed by atoms with Gasteiger partial charge in [-0.05, 0) is 19.1 Å². The van der Waals surface area contributed by atoms with Gasteiger partial charge in [0.25, 0.3) is 11.8 Å². The topological polar surface area (TPSA) is 98.5 Å². The van der Waals surface area contributed by atoms with Crippen molar-refractivity contribution in [1.29, 1.82) is 0 Å². The molecule has 8 heteroatoms. The van der Waals surface area contributed by atoms with E-state index in [4.69, 9.17) is 9.15 Å². The molecule has 110 valence electrons. The van der Waals surface area contributed by atoms with E-state index >= 15 is 0 Å². The first-order valence-corrected chi connectivity index (χ1v) is 6.87. The highest BCUT2D eigenvalue weighted by Gasteiger charge is 2.15. The van der Waals surface area contributed by atoms with Crippen LogP contribution in [0.2, 0.25) is 0 Å². The number of carbonyl (C=O) groups excluding carboxylic acids is 3. The Morgan fingerprint density at radius 2 is 2.24 bits per heavy atom. The Kier molecular flexibility index (Phi) is 4.83. The number of hydrogen-bond acceptors (Lipinski definition) is 7. The molecule has 0 aliphatic heterocycles. The van der Waals surface area contributed by atoms with Gasteiger partial charge in [0.2, 0.25) is 0 Å². The standard InChI is InChI=1S/C13H12N2O5S/c1-8-14-9(7-21-8)5-12(17)20-6-11(16)15-13(18)10-3-2-4-19-10/h2-4,7H,5-6H2,1H3,(H,15,16,18). The third-order valence-corrected chi connectivity index (χ3v) is 3.18. The Morgan fingerprint density at radius 1 is 1.43 bits per heavy atom. The van der Waals surface area contributed by atoms with Gasteiger partial charge in [0.15, 0.2) is 12.4 Å². The molecular formula is C13H12N2O5S. The number of carbonyl (C=O) groups is 3. The van der Waals surface area contributed by atoms with Crippen LogP contribution in [0.5, 0.6) is 0 Å². The van der Waals surface area contributed by atoms with E-state index in [1.54, 1.807) is 5.38 Å². The van der Waals surface area contributed by atoms with Crippen LogP contribution in [0.3, 0.4) is 0 Å². The lowest BCUT2D eigenvalue weighted by atomic mass is 10.3. The van der Waals surface area contributed by atoms with Gasteiger partial charge in [-0.1, -0.05) is 0 Å². The number of imide groups is 1. The van der Waals surface area contributed by atoms with Gasteiger partial charge in [0.1, 0.15) is 0 Å². The molecule has 0 bridgehead atoms. The molecule has 0 aliphatic carbocycles. The van der Waals surface area contributed by atoms with Gasteiger partial charge in [-0.25, -0.2) is 4.98 Å². The van der Waals surface area contributed by atoms with Crippen LogP contribution in [0.4, 0.5) is 0 Å². The fraction of sp³-hybridized carbons (Fsp3) is 0.231. The Hall–Kier alpha value is -2.48. The second-order valence-corrected chi connectivity index (χ2v) is 5.11. The van der Waals surface area contributed by atoms with E-state index in [1.165, 1.54) is 29.7 Å². The first kappa shape index (κ1) is 14.9. The summed E-state index contributed by atoms with van der Waals surface area (Å²) in [5.74, 6) is -1.98. The summed E-state index contributed by atoms with van der Waals surface area (Å²) in [6, 6.07) is 2.94. The Morgan fingerprint density at radius 3 is 2.86 bits per heavy atom. The molecule has 0 atom stereocenters. The minimum absolute atomic E-state index is 0.00706. The van der Waals surface area contributed by atoms with E-state index in [0.29, 0.717) is 5.69 Å². The lowest BCUT2D eigenvalue weighted by Crippen LogP contribution is -2.34. The van der Waals surface area contributed by atoms with Gasteiger partial charge in [-0.15, -0.1) is 11.3 Å². The third kappa shape index (κ3) is 4.53. The number of hydrogen-bond donors (Lipinski definition) is 1. The molecule has 0 saturated heterocycles. The smallest absolute Gasteiger partial charge is 0.312 e. The zero-order valence-corrected chi connectivity index (χ0v) is 11.9. The number of aromatic nitrogens is 1. The number of ether oxygens (including phenoxy) is 1. The fourth-order valence-corrected chi connectivity index (χ4v) is 2.08. The first-order chi connectivity index (χ1) is 10.0. The van der Waals surface area contributed by atoms with E-state index in [2.05, 4.69) is 4.98 Å². The van der Waals surface area contributed by atoms with Gasteiger partial charge in [0.05, 0.1) is 23.4 Å². The number of furan rings is 1. The molecule has 2 heterocycles. The summed E-state index contributed by atoms with van der Waals surface area (Å²) in [7, 11) is 0. The van der Waals surface area contributed by atoms with Gasteiger partial charge >= 0.3 is 5.97 Å². The number of rotatable bonds is 5. The lowest BCUT2D eigenvalue weighted by molar-refractivity contribution is -0.147. The van der Waals surface area contributed by atoms with Gasteiger partial charge in [-0.3, -0.25) is 19.7 Å². The Labute approximate surface area is 123 Å². The van der Waals surface area contributed by atoms with Crippen LogP contribution in [-0.2, 0) is 20.7 Å². The van der Waals surface area contributed by atoms with E-state index < -0.39 is 24.4 Å². The van der Waals surface area contributed by atoms with Crippen molar-refractivity contribution in [3.63, 3.8) is 0 Å². The lowest BCUT2D eigenvalue weighted by Gasteiger charge is -2.04. The predicted octanol–water partition coefficient (Wildman–Crippen LogP) is 1.09. The Bertz CT molecular complexity index is 647. The first-order valence-electron chi connectivity index (χ1n) is 5.99. The van der Waals surface area contributed by atoms with Crippen LogP contribution in [0.15, 0.2) is 28.2 Å². The van der Waals surface area contributed by atoms with Crippen molar-refractivity contribution in [2.45, 2.75) is 13.3 Å². The molecule has 1 N–H and O–H groups in total. The highest BCUT2D eigenvalue weighted by molar-refractivity contribution is 7.09. The highest BCUT2D eigenvalue weighted by atomic mass is 32.1. The van der Waals surface area contributed by atoms with Crippen molar-refractivity contribution in [2.75, 3.05) is 6.61 Å². The van der Waals surface area contributed by atoms with Crippen molar-refractivity contribution < 1.29 is 23.5 Å². The van der Waals surface area contributed by atoms with Crippen LogP contribution in [0.25, 0.3) is 0 Å². The fourth-order valence-electron chi connectivity index (χ4n) is 1.47. The van der Waals surface area contributed by atoms with Crippen LogP contribution in [0.1, 0.15) is 21.3 Å². The molecule has 0 spiro atoms. The summed E-state index contributed by atoms with van der Waals surface area (Å²) < 4.78 is 9.59. The molecule has 2 rings (SSSR count). The van der Waals surface area contributed by atoms with E-state index in [0.717, 1.165) is 5.01 Å². The average molecular weight is 308 g/mol. The SMILES string of the molecule is Cc1nc(CC(=O)OCC(=O)NC(=O)c2ccco2)cs1. The van der Waals surface area contributed by atoms with Crippen LogP contribution < -0.4 is 5.32 Å². The molecule has 2 amide bonds. The maximum atomic E-state index is 11.5. The number of esters is 1. The largest absolute Gasteiger partial charge is 0.459 e.